The molecule has 2 aromatic carbocycles. The average Bonchev–Trinajstić information content (AvgIpc) is 2.78. The number of hydrogen-bond donors (Lipinski definition) is 0. The maximum atomic E-state index is 14.8. The fourth-order valence-corrected chi connectivity index (χ4v) is 3.93. The summed E-state index contributed by atoms with van der Waals surface area (Å²) in [7, 11) is 0. The third-order valence-corrected chi connectivity index (χ3v) is 5.60. The Balaban J connectivity index is 1.49. The first-order valence-electron chi connectivity index (χ1n) is 10.9. The zero-order chi connectivity index (χ0) is 22.0. The van der Waals surface area contributed by atoms with E-state index in [1.165, 1.54) is 6.07 Å². The van der Waals surface area contributed by atoms with Gasteiger partial charge in [0.05, 0.1) is 19.8 Å². The van der Waals surface area contributed by atoms with Crippen LogP contribution in [0.25, 0.3) is 0 Å². The molecule has 4 rings (SSSR count). The third kappa shape index (κ3) is 4.53. The first kappa shape index (κ1) is 22.0. The highest BCUT2D eigenvalue weighted by atomic mass is 19.2. The smallest absolute Gasteiger partial charge is 0.205 e. The second-order valence-electron chi connectivity index (χ2n) is 8.11. The number of aryl methyl sites for hydroxylation is 1. The first-order chi connectivity index (χ1) is 15.0. The van der Waals surface area contributed by atoms with Gasteiger partial charge < -0.3 is 18.9 Å². The van der Waals surface area contributed by atoms with Crippen molar-refractivity contribution in [3.8, 4) is 17.2 Å². The molecule has 0 aromatic heterocycles. The summed E-state index contributed by atoms with van der Waals surface area (Å²) in [6.45, 7) is 5.02. The number of hydrogen-bond acceptors (Lipinski definition) is 4. The fourth-order valence-electron chi connectivity index (χ4n) is 3.93. The van der Waals surface area contributed by atoms with E-state index < -0.39 is 17.5 Å². The van der Waals surface area contributed by atoms with Crippen molar-refractivity contribution >= 4 is 0 Å². The van der Waals surface area contributed by atoms with Crippen molar-refractivity contribution in [1.82, 2.24) is 0 Å². The van der Waals surface area contributed by atoms with E-state index >= 15 is 0 Å². The lowest BCUT2D eigenvalue weighted by atomic mass is 9.96. The van der Waals surface area contributed by atoms with Gasteiger partial charge >= 0.3 is 0 Å². The molecule has 2 aliphatic heterocycles. The standard InChI is InChI=1S/C24H27F3O4/c1-3-5-15-7-8-16-9-17-10-18(21(26)22(27)24(17)31-23(16)20(15)25)28-11-14-12-29-19(6-4-2)30-13-14/h7-8,10,14,19H,3-6,9,11-13H2,1-2H3. The van der Waals surface area contributed by atoms with Crippen LogP contribution >= 0.6 is 0 Å². The lowest BCUT2D eigenvalue weighted by molar-refractivity contribution is -0.206. The summed E-state index contributed by atoms with van der Waals surface area (Å²) in [5, 5.41) is 0. The van der Waals surface area contributed by atoms with Gasteiger partial charge in [0.1, 0.15) is 0 Å². The Bertz CT molecular complexity index is 939. The highest BCUT2D eigenvalue weighted by Gasteiger charge is 2.29. The van der Waals surface area contributed by atoms with Crippen LogP contribution in [-0.2, 0) is 22.3 Å². The van der Waals surface area contributed by atoms with E-state index in [1.807, 2.05) is 6.92 Å². The van der Waals surface area contributed by atoms with Crippen LogP contribution in [0.1, 0.15) is 49.8 Å². The summed E-state index contributed by atoms with van der Waals surface area (Å²) in [5.74, 6) is -3.40. The highest BCUT2D eigenvalue weighted by Crippen LogP contribution is 2.43. The quantitative estimate of drug-likeness (QED) is 0.461. The minimum absolute atomic E-state index is 0.0245. The second-order valence-corrected chi connectivity index (χ2v) is 8.11. The van der Waals surface area contributed by atoms with Crippen molar-refractivity contribution in [2.45, 2.75) is 52.2 Å². The molecule has 0 aliphatic carbocycles. The zero-order valence-corrected chi connectivity index (χ0v) is 17.8. The summed E-state index contributed by atoms with van der Waals surface area (Å²) in [6, 6.07) is 4.93. The molecule has 0 N–H and O–H groups in total. The van der Waals surface area contributed by atoms with Gasteiger partial charge in [-0.3, -0.25) is 0 Å². The van der Waals surface area contributed by atoms with Crippen molar-refractivity contribution in [3.63, 3.8) is 0 Å². The first-order valence-corrected chi connectivity index (χ1v) is 10.9. The molecule has 0 unspecified atom stereocenters. The van der Waals surface area contributed by atoms with E-state index in [0.29, 0.717) is 36.3 Å². The summed E-state index contributed by atoms with van der Waals surface area (Å²) in [5.41, 5.74) is 1.52. The van der Waals surface area contributed by atoms with Crippen molar-refractivity contribution < 1.29 is 32.1 Å². The van der Waals surface area contributed by atoms with E-state index in [-0.39, 0.29) is 42.5 Å². The van der Waals surface area contributed by atoms with Crippen LogP contribution in [0, 0.1) is 23.4 Å². The van der Waals surface area contributed by atoms with Crippen molar-refractivity contribution in [2.24, 2.45) is 5.92 Å². The van der Waals surface area contributed by atoms with Crippen molar-refractivity contribution in [2.75, 3.05) is 19.8 Å². The van der Waals surface area contributed by atoms with Gasteiger partial charge in [-0.15, -0.1) is 0 Å². The molecule has 0 atom stereocenters. The molecule has 1 fully saturated rings. The van der Waals surface area contributed by atoms with Crippen molar-refractivity contribution in [3.05, 3.63) is 52.3 Å². The van der Waals surface area contributed by atoms with E-state index in [9.17, 15) is 13.2 Å². The number of fused-ring (bicyclic) bond motifs is 2. The van der Waals surface area contributed by atoms with Crippen LogP contribution in [0.2, 0.25) is 0 Å². The number of rotatable bonds is 7. The Morgan fingerprint density at radius 3 is 2.39 bits per heavy atom. The van der Waals surface area contributed by atoms with Crippen LogP contribution in [0.5, 0.6) is 17.2 Å². The molecule has 2 heterocycles. The monoisotopic (exact) mass is 436 g/mol. The normalized spacial score (nSPS) is 20.0. The molecular weight excluding hydrogens is 409 g/mol. The second kappa shape index (κ2) is 9.49. The van der Waals surface area contributed by atoms with Crippen LogP contribution in [0.3, 0.4) is 0 Å². The zero-order valence-electron chi connectivity index (χ0n) is 17.8. The van der Waals surface area contributed by atoms with Gasteiger partial charge in [-0.25, -0.2) is 4.39 Å². The lowest BCUT2D eigenvalue weighted by Gasteiger charge is -2.29. The maximum Gasteiger partial charge on any atom is 0.205 e. The minimum atomic E-state index is -1.17. The molecular formula is C24H27F3O4. The predicted octanol–water partition coefficient (Wildman–Crippen LogP) is 5.92. The molecule has 1 saturated heterocycles. The Morgan fingerprint density at radius 2 is 1.68 bits per heavy atom. The minimum Gasteiger partial charge on any atom is -0.490 e. The van der Waals surface area contributed by atoms with Crippen LogP contribution in [-0.4, -0.2) is 26.1 Å². The topological polar surface area (TPSA) is 36.9 Å². The highest BCUT2D eigenvalue weighted by molar-refractivity contribution is 5.54. The molecule has 31 heavy (non-hydrogen) atoms. The Morgan fingerprint density at radius 1 is 0.935 bits per heavy atom. The van der Waals surface area contributed by atoms with E-state index in [4.69, 9.17) is 18.9 Å². The Hall–Kier alpha value is -2.25. The van der Waals surface area contributed by atoms with Crippen LogP contribution in [0.15, 0.2) is 18.2 Å². The molecule has 0 radical (unpaired) electrons. The van der Waals surface area contributed by atoms with Gasteiger partial charge in [-0.1, -0.05) is 38.8 Å². The number of ether oxygens (including phenoxy) is 4. The third-order valence-electron chi connectivity index (χ3n) is 5.60. The van der Waals surface area contributed by atoms with Crippen LogP contribution < -0.4 is 9.47 Å². The molecule has 0 bridgehead atoms. The predicted molar refractivity (Wildman–Crippen MR) is 109 cm³/mol. The van der Waals surface area contributed by atoms with Crippen LogP contribution in [0.4, 0.5) is 13.2 Å². The molecule has 4 nitrogen and oxygen atoms in total. The lowest BCUT2D eigenvalue weighted by Crippen LogP contribution is -2.35. The fraction of sp³-hybridized carbons (Fsp3) is 0.500. The van der Waals surface area contributed by atoms with E-state index in [0.717, 1.165) is 19.3 Å². The number of benzene rings is 2. The summed E-state index contributed by atoms with van der Waals surface area (Å²) in [6.07, 6.45) is 3.12. The summed E-state index contributed by atoms with van der Waals surface area (Å²) in [4.78, 5) is 0. The molecule has 0 saturated carbocycles. The molecule has 7 heteroatoms. The molecule has 0 spiro atoms. The van der Waals surface area contributed by atoms with E-state index in [1.54, 1.807) is 12.1 Å². The number of halogens is 3. The van der Waals surface area contributed by atoms with Gasteiger partial charge in [-0.05, 0) is 24.5 Å². The Labute approximate surface area is 180 Å². The van der Waals surface area contributed by atoms with Gasteiger partial charge in [0.2, 0.25) is 11.6 Å². The maximum absolute atomic E-state index is 14.8. The van der Waals surface area contributed by atoms with Gasteiger partial charge in [-0.2, -0.15) is 8.78 Å². The largest absolute Gasteiger partial charge is 0.490 e. The van der Waals surface area contributed by atoms with E-state index in [2.05, 4.69) is 6.92 Å². The SMILES string of the molecule is CCCc1ccc2c(c1F)Oc1c(cc(OCC3COC(CCC)OC3)c(F)c1F)C2. The molecule has 0 amide bonds. The molecule has 168 valence electrons. The molecule has 2 aromatic rings. The van der Waals surface area contributed by atoms with Gasteiger partial charge in [0.25, 0.3) is 0 Å². The van der Waals surface area contributed by atoms with Gasteiger partial charge in [0.15, 0.2) is 29.4 Å². The van der Waals surface area contributed by atoms with Gasteiger partial charge in [0, 0.05) is 23.5 Å². The Kier molecular flexibility index (Phi) is 6.72. The average molecular weight is 436 g/mol. The molecule has 2 aliphatic rings. The van der Waals surface area contributed by atoms with Crippen molar-refractivity contribution in [1.29, 1.82) is 0 Å². The summed E-state index contributed by atoms with van der Waals surface area (Å²) >= 11 is 0. The summed E-state index contributed by atoms with van der Waals surface area (Å²) < 4.78 is 66.5.